The maximum atomic E-state index is 8.56. The Morgan fingerprint density at radius 1 is 0.885 bits per heavy atom. The molecule has 1 heterocycles. The molecule has 1 aromatic heterocycles. The van der Waals surface area contributed by atoms with Crippen LogP contribution in [0.2, 0.25) is 0 Å². The maximum absolute atomic E-state index is 8.56. The van der Waals surface area contributed by atoms with Gasteiger partial charge in [-0.25, -0.2) is 0 Å². The summed E-state index contributed by atoms with van der Waals surface area (Å²) >= 11 is 0. The fourth-order valence-corrected chi connectivity index (χ4v) is 2.35. The van der Waals surface area contributed by atoms with Crippen LogP contribution in [0.15, 0.2) is 66.7 Å². The van der Waals surface area contributed by atoms with Crippen LogP contribution in [0.5, 0.6) is 0 Å². The fraction of sp³-hybridized carbons (Fsp3) is 0.227. The second kappa shape index (κ2) is 11.7. The van der Waals surface area contributed by atoms with Crippen LogP contribution in [0.25, 0.3) is 17.0 Å². The van der Waals surface area contributed by atoms with Crippen molar-refractivity contribution in [2.24, 2.45) is 0 Å². The zero-order chi connectivity index (χ0) is 18.1. The second-order valence-electron chi connectivity index (χ2n) is 6.02. The molecule has 3 aromatic rings. The number of aliphatic hydroxyl groups is 2. The number of aliphatic hydroxyl groups excluding tert-OH is 2. The van der Waals surface area contributed by atoms with Crippen LogP contribution in [0.4, 0.5) is 0 Å². The number of para-hydroxylation sites is 1. The van der Waals surface area contributed by atoms with E-state index in [1.54, 1.807) is 13.8 Å². The van der Waals surface area contributed by atoms with Crippen LogP contribution in [-0.4, -0.2) is 27.4 Å². The van der Waals surface area contributed by atoms with E-state index in [1.807, 2.05) is 60.7 Å². The van der Waals surface area contributed by atoms with Gasteiger partial charge in [-0.15, -0.1) is 42.0 Å². The molecule has 26 heavy (non-hydrogen) atoms. The van der Waals surface area contributed by atoms with Crippen LogP contribution in [0, 0.1) is 6.08 Å². The zero-order valence-electron chi connectivity index (χ0n) is 15.0. The number of benzene rings is 2. The minimum atomic E-state index is -0.375. The summed E-state index contributed by atoms with van der Waals surface area (Å²) in [5, 5.41) is 18.3. The Hall–Kier alpha value is -1.84. The molecular weight excluding hydrogens is 502 g/mol. The van der Waals surface area contributed by atoms with Gasteiger partial charge in [-0.1, -0.05) is 36.4 Å². The fourth-order valence-electron chi connectivity index (χ4n) is 2.35. The van der Waals surface area contributed by atoms with E-state index < -0.39 is 0 Å². The molecule has 0 bridgehead atoms. The maximum Gasteiger partial charge on any atom is 0.0595 e. The van der Waals surface area contributed by atoms with E-state index in [4.69, 9.17) is 10.2 Å². The summed E-state index contributed by atoms with van der Waals surface area (Å²) in [6.45, 7) is 3.32. The predicted molar refractivity (Wildman–Crippen MR) is 103 cm³/mol. The Bertz CT molecular complexity index is 795. The predicted octanol–water partition coefficient (Wildman–Crippen LogP) is 4.24. The minimum absolute atomic E-state index is 0. The van der Waals surface area contributed by atoms with Gasteiger partial charge in [0.15, 0.2) is 0 Å². The molecule has 4 heteroatoms. The Labute approximate surface area is 168 Å². The van der Waals surface area contributed by atoms with E-state index in [9.17, 15) is 0 Å². The SMILES string of the molecule is CC(O)CC(C)O.[C-](=Cc1ccc2ccccc2n1)c1ccccc1.[Ir]. The summed E-state index contributed by atoms with van der Waals surface area (Å²) < 4.78 is 0. The molecule has 2 unspecified atom stereocenters. The summed E-state index contributed by atoms with van der Waals surface area (Å²) in [6, 6.07) is 22.3. The third kappa shape index (κ3) is 8.03. The molecule has 139 valence electrons. The number of rotatable bonds is 4. The van der Waals surface area contributed by atoms with Crippen molar-refractivity contribution in [2.75, 3.05) is 0 Å². The first-order chi connectivity index (χ1) is 12.0. The average Bonchev–Trinajstić information content (AvgIpc) is 2.60. The monoisotopic (exact) mass is 527 g/mol. The van der Waals surface area contributed by atoms with Crippen LogP contribution in [-0.2, 0) is 20.1 Å². The molecule has 2 aromatic carbocycles. The zero-order valence-corrected chi connectivity index (χ0v) is 17.4. The van der Waals surface area contributed by atoms with Crippen molar-refractivity contribution in [3.8, 4) is 0 Å². The van der Waals surface area contributed by atoms with Gasteiger partial charge in [-0.2, -0.15) is 0 Å². The van der Waals surface area contributed by atoms with E-state index in [-0.39, 0.29) is 32.3 Å². The van der Waals surface area contributed by atoms with E-state index in [0.717, 1.165) is 22.2 Å². The average molecular weight is 527 g/mol. The molecule has 2 atom stereocenters. The Balaban J connectivity index is 0.000000366. The molecule has 0 aliphatic carbocycles. The number of hydrogen-bond donors (Lipinski definition) is 2. The molecule has 0 saturated carbocycles. The van der Waals surface area contributed by atoms with Gasteiger partial charge in [0, 0.05) is 20.1 Å². The standard InChI is InChI=1S/C17H12N.C5H12O2.Ir/c1-2-6-14(7-3-1)10-12-16-13-11-15-8-4-5-9-17(15)18-16;1-4(6)3-5(2)7;/h1-9,11-13H;4-7H,3H2,1-2H3;/q-1;;. The first kappa shape index (κ1) is 22.2. The minimum Gasteiger partial charge on any atom is -0.393 e. The van der Waals surface area contributed by atoms with Crippen LogP contribution >= 0.6 is 0 Å². The van der Waals surface area contributed by atoms with Gasteiger partial charge in [0.25, 0.3) is 0 Å². The van der Waals surface area contributed by atoms with Crippen molar-refractivity contribution in [1.29, 1.82) is 0 Å². The van der Waals surface area contributed by atoms with Crippen LogP contribution in [0.1, 0.15) is 31.5 Å². The first-order valence-corrected chi connectivity index (χ1v) is 8.41. The molecule has 0 saturated heterocycles. The summed E-state index contributed by atoms with van der Waals surface area (Å²) in [7, 11) is 0. The van der Waals surface area contributed by atoms with Crippen molar-refractivity contribution >= 4 is 17.0 Å². The van der Waals surface area contributed by atoms with Crippen molar-refractivity contribution in [3.63, 3.8) is 0 Å². The molecule has 0 aliphatic heterocycles. The van der Waals surface area contributed by atoms with Gasteiger partial charge >= 0.3 is 0 Å². The third-order valence-electron chi connectivity index (χ3n) is 3.46. The molecule has 2 N–H and O–H groups in total. The first-order valence-electron chi connectivity index (χ1n) is 8.41. The molecule has 3 rings (SSSR count). The van der Waals surface area contributed by atoms with Crippen molar-refractivity contribution in [2.45, 2.75) is 32.5 Å². The second-order valence-corrected chi connectivity index (χ2v) is 6.02. The van der Waals surface area contributed by atoms with Crippen LogP contribution < -0.4 is 0 Å². The summed E-state index contributed by atoms with van der Waals surface area (Å²) in [6.07, 6.45) is 4.88. The summed E-state index contributed by atoms with van der Waals surface area (Å²) in [5.41, 5.74) is 3.01. The molecule has 3 nitrogen and oxygen atoms in total. The van der Waals surface area contributed by atoms with E-state index >= 15 is 0 Å². The normalized spacial score (nSPS) is 12.8. The molecular formula is C22H24IrNO2-. The van der Waals surface area contributed by atoms with Gasteiger partial charge < -0.3 is 10.2 Å². The molecule has 1 radical (unpaired) electrons. The Morgan fingerprint density at radius 2 is 1.50 bits per heavy atom. The van der Waals surface area contributed by atoms with Gasteiger partial charge in [-0.3, -0.25) is 4.98 Å². The molecule has 0 spiro atoms. The summed E-state index contributed by atoms with van der Waals surface area (Å²) in [4.78, 5) is 4.57. The van der Waals surface area contributed by atoms with E-state index in [2.05, 4.69) is 23.2 Å². The van der Waals surface area contributed by atoms with Crippen molar-refractivity contribution in [1.82, 2.24) is 4.98 Å². The number of hydrogen-bond acceptors (Lipinski definition) is 3. The molecule has 0 aliphatic rings. The van der Waals surface area contributed by atoms with Gasteiger partial charge in [0.2, 0.25) is 0 Å². The number of aromatic nitrogens is 1. The van der Waals surface area contributed by atoms with Gasteiger partial charge in [0.1, 0.15) is 0 Å². The smallest absolute Gasteiger partial charge is 0.0595 e. The van der Waals surface area contributed by atoms with E-state index in [1.165, 1.54) is 0 Å². The molecule has 0 amide bonds. The number of nitrogens with zero attached hydrogens (tertiary/aromatic N) is 1. The number of fused-ring (bicyclic) bond motifs is 1. The topological polar surface area (TPSA) is 53.4 Å². The molecule has 0 fully saturated rings. The van der Waals surface area contributed by atoms with Gasteiger partial charge in [-0.05, 0) is 37.4 Å². The summed E-state index contributed by atoms with van der Waals surface area (Å²) in [5.74, 6) is 0. The number of pyridine rings is 1. The van der Waals surface area contributed by atoms with Crippen molar-refractivity contribution < 1.29 is 30.3 Å². The Kier molecular flexibility index (Phi) is 10.0. The van der Waals surface area contributed by atoms with Crippen molar-refractivity contribution in [3.05, 3.63) is 84.1 Å². The van der Waals surface area contributed by atoms with Crippen LogP contribution in [0.3, 0.4) is 0 Å². The van der Waals surface area contributed by atoms with Gasteiger partial charge in [0.05, 0.1) is 17.7 Å². The Morgan fingerprint density at radius 3 is 2.12 bits per heavy atom. The third-order valence-corrected chi connectivity index (χ3v) is 3.46. The largest absolute Gasteiger partial charge is 0.393 e. The van der Waals surface area contributed by atoms with E-state index in [0.29, 0.717) is 6.42 Å². The quantitative estimate of drug-likeness (QED) is 0.501.